The third kappa shape index (κ3) is 3.73. The maximum atomic E-state index is 13.5. The third-order valence-corrected chi connectivity index (χ3v) is 7.27. The Hall–Kier alpha value is -2.12. The fourth-order valence-corrected chi connectivity index (χ4v) is 5.32. The lowest BCUT2D eigenvalue weighted by Crippen LogP contribution is -2.18. The molecule has 7 heteroatoms. The molecular formula is C22H17BrClNO3S. The number of hydrogen-bond donors (Lipinski definition) is 1. The molecule has 148 valence electrons. The van der Waals surface area contributed by atoms with E-state index in [0.717, 1.165) is 10.0 Å². The van der Waals surface area contributed by atoms with E-state index in [4.69, 9.17) is 11.6 Å². The summed E-state index contributed by atoms with van der Waals surface area (Å²) in [5.41, 5.74) is 2.28. The minimum absolute atomic E-state index is 0.160. The van der Waals surface area contributed by atoms with Crippen molar-refractivity contribution in [1.82, 2.24) is 3.97 Å². The number of aromatic nitrogens is 1. The van der Waals surface area contributed by atoms with Crippen LogP contribution in [0.4, 0.5) is 0 Å². The molecule has 0 amide bonds. The largest absolute Gasteiger partial charge is 0.382 e. The van der Waals surface area contributed by atoms with E-state index in [1.165, 1.54) is 3.97 Å². The van der Waals surface area contributed by atoms with E-state index in [-0.39, 0.29) is 10.6 Å². The van der Waals surface area contributed by atoms with Crippen molar-refractivity contribution < 1.29 is 13.5 Å². The van der Waals surface area contributed by atoms with Crippen molar-refractivity contribution in [3.63, 3.8) is 0 Å². The molecule has 4 rings (SSSR count). The van der Waals surface area contributed by atoms with Gasteiger partial charge in [0.25, 0.3) is 10.0 Å². The van der Waals surface area contributed by atoms with E-state index in [1.54, 1.807) is 66.7 Å². The van der Waals surface area contributed by atoms with Gasteiger partial charge in [0.2, 0.25) is 0 Å². The van der Waals surface area contributed by atoms with Crippen LogP contribution in [0.1, 0.15) is 22.9 Å². The first-order chi connectivity index (χ1) is 13.8. The van der Waals surface area contributed by atoms with Crippen molar-refractivity contribution in [2.24, 2.45) is 0 Å². The van der Waals surface area contributed by atoms with Gasteiger partial charge in [0, 0.05) is 14.9 Å². The molecule has 1 N–H and O–H groups in total. The molecule has 1 unspecified atom stereocenters. The van der Waals surface area contributed by atoms with Gasteiger partial charge in [-0.25, -0.2) is 12.4 Å². The van der Waals surface area contributed by atoms with Gasteiger partial charge >= 0.3 is 0 Å². The molecule has 1 aromatic heterocycles. The van der Waals surface area contributed by atoms with Gasteiger partial charge in [-0.1, -0.05) is 57.4 Å². The maximum Gasteiger partial charge on any atom is 0.268 e. The number of hydrogen-bond acceptors (Lipinski definition) is 3. The van der Waals surface area contributed by atoms with E-state index in [2.05, 4.69) is 15.9 Å². The lowest BCUT2D eigenvalue weighted by Gasteiger charge is -2.17. The number of aliphatic hydroxyl groups excluding tert-OH is 1. The fraction of sp³-hybridized carbons (Fsp3) is 0.0909. The number of rotatable bonds is 4. The summed E-state index contributed by atoms with van der Waals surface area (Å²) in [4.78, 5) is 0.160. The second kappa shape index (κ2) is 7.61. The van der Waals surface area contributed by atoms with Gasteiger partial charge in [-0.05, 0) is 61.0 Å². The maximum absolute atomic E-state index is 13.5. The first-order valence-corrected chi connectivity index (χ1v) is 11.4. The average Bonchev–Trinajstić information content (AvgIpc) is 3.07. The molecule has 0 saturated heterocycles. The molecule has 0 spiro atoms. The average molecular weight is 491 g/mol. The van der Waals surface area contributed by atoms with Crippen molar-refractivity contribution in [3.05, 3.63) is 99.1 Å². The van der Waals surface area contributed by atoms with Gasteiger partial charge in [0.1, 0.15) is 6.10 Å². The van der Waals surface area contributed by atoms with Crippen LogP contribution in [0.15, 0.2) is 82.2 Å². The van der Waals surface area contributed by atoms with Crippen molar-refractivity contribution in [1.29, 1.82) is 0 Å². The van der Waals surface area contributed by atoms with Crippen molar-refractivity contribution in [3.8, 4) is 0 Å². The Balaban J connectivity index is 1.97. The number of aryl methyl sites for hydroxylation is 1. The first-order valence-electron chi connectivity index (χ1n) is 8.84. The summed E-state index contributed by atoms with van der Waals surface area (Å²) in [5.74, 6) is 0. The van der Waals surface area contributed by atoms with Crippen molar-refractivity contribution in [2.45, 2.75) is 17.9 Å². The summed E-state index contributed by atoms with van der Waals surface area (Å²) in [6.07, 6.45) is -1.14. The predicted octanol–water partition coefficient (Wildman–Crippen LogP) is 5.68. The van der Waals surface area contributed by atoms with Gasteiger partial charge in [0.05, 0.1) is 16.1 Å². The zero-order valence-corrected chi connectivity index (χ0v) is 18.5. The predicted molar refractivity (Wildman–Crippen MR) is 119 cm³/mol. The molecule has 0 radical (unpaired) electrons. The minimum atomic E-state index is -3.93. The highest BCUT2D eigenvalue weighted by molar-refractivity contribution is 9.10. The summed E-state index contributed by atoms with van der Waals surface area (Å²) in [6.45, 7) is 1.90. The number of nitrogens with zero attached hydrogens (tertiary/aromatic N) is 1. The van der Waals surface area contributed by atoms with Crippen LogP contribution >= 0.6 is 27.5 Å². The molecule has 0 fully saturated rings. The molecular weight excluding hydrogens is 474 g/mol. The van der Waals surface area contributed by atoms with E-state index in [1.807, 2.05) is 13.0 Å². The van der Waals surface area contributed by atoms with Crippen molar-refractivity contribution in [2.75, 3.05) is 0 Å². The summed E-state index contributed by atoms with van der Waals surface area (Å²) < 4.78 is 29.1. The molecule has 4 aromatic rings. The highest BCUT2D eigenvalue weighted by Gasteiger charge is 2.27. The highest BCUT2D eigenvalue weighted by Crippen LogP contribution is 2.33. The number of aliphatic hydroxyl groups is 1. The Bertz CT molecular complexity index is 1300. The quantitative estimate of drug-likeness (QED) is 0.400. The summed E-state index contributed by atoms with van der Waals surface area (Å²) in [5, 5.41) is 12.3. The Morgan fingerprint density at radius 2 is 1.62 bits per heavy atom. The molecule has 1 atom stereocenters. The molecule has 4 nitrogen and oxygen atoms in total. The van der Waals surface area contributed by atoms with E-state index in [0.29, 0.717) is 21.5 Å². The summed E-state index contributed by atoms with van der Waals surface area (Å²) >= 11 is 9.38. The van der Waals surface area contributed by atoms with E-state index >= 15 is 0 Å². The van der Waals surface area contributed by atoms with Crippen LogP contribution < -0.4 is 0 Å². The zero-order valence-electron chi connectivity index (χ0n) is 15.4. The van der Waals surface area contributed by atoms with Crippen LogP contribution in [0.25, 0.3) is 10.9 Å². The van der Waals surface area contributed by atoms with Gasteiger partial charge < -0.3 is 5.11 Å². The molecule has 0 saturated carbocycles. The Kier molecular flexibility index (Phi) is 5.29. The molecule has 0 aliphatic carbocycles. The standard InChI is InChI=1S/C22H17BrClNO3S/c1-14-2-9-19(10-3-14)29(27,28)25-20-11-6-17(23)12-16(20)13-21(25)22(26)15-4-7-18(24)8-5-15/h2-13,22,26H,1H3. The monoisotopic (exact) mass is 489 g/mol. The van der Waals surface area contributed by atoms with Gasteiger partial charge in [0.15, 0.2) is 0 Å². The molecule has 0 aliphatic heterocycles. The van der Waals surface area contributed by atoms with Crippen LogP contribution in [0.2, 0.25) is 5.02 Å². The van der Waals surface area contributed by atoms with Crippen molar-refractivity contribution >= 4 is 48.5 Å². The second-order valence-electron chi connectivity index (χ2n) is 6.81. The van der Waals surface area contributed by atoms with Crippen LogP contribution in [0.3, 0.4) is 0 Å². The van der Waals surface area contributed by atoms with Crippen LogP contribution in [0.5, 0.6) is 0 Å². The summed E-state index contributed by atoms with van der Waals surface area (Å²) in [6, 6.07) is 20.4. The summed E-state index contributed by atoms with van der Waals surface area (Å²) in [7, 11) is -3.93. The van der Waals surface area contributed by atoms with Gasteiger partial charge in [-0.15, -0.1) is 0 Å². The zero-order chi connectivity index (χ0) is 20.8. The molecule has 1 heterocycles. The van der Waals surface area contributed by atoms with Gasteiger partial charge in [-0.2, -0.15) is 0 Å². The minimum Gasteiger partial charge on any atom is -0.382 e. The molecule has 0 aliphatic rings. The second-order valence-corrected chi connectivity index (χ2v) is 9.95. The lowest BCUT2D eigenvalue weighted by atomic mass is 10.1. The Morgan fingerprint density at radius 3 is 2.28 bits per heavy atom. The molecule has 3 aromatic carbocycles. The smallest absolute Gasteiger partial charge is 0.268 e. The Morgan fingerprint density at radius 1 is 0.966 bits per heavy atom. The first kappa shape index (κ1) is 20.2. The van der Waals surface area contributed by atoms with E-state index < -0.39 is 16.1 Å². The van der Waals surface area contributed by atoms with Crippen LogP contribution in [-0.2, 0) is 10.0 Å². The SMILES string of the molecule is Cc1ccc(S(=O)(=O)n2c(C(O)c3ccc(Cl)cc3)cc3cc(Br)ccc32)cc1. The third-order valence-electron chi connectivity index (χ3n) is 4.77. The Labute approximate surface area is 182 Å². The lowest BCUT2D eigenvalue weighted by molar-refractivity contribution is 0.214. The topological polar surface area (TPSA) is 59.3 Å². The number of benzene rings is 3. The number of fused-ring (bicyclic) bond motifs is 1. The van der Waals surface area contributed by atoms with Gasteiger partial charge in [-0.3, -0.25) is 0 Å². The van der Waals surface area contributed by atoms with Crippen LogP contribution in [-0.4, -0.2) is 17.5 Å². The normalized spacial score (nSPS) is 13.0. The highest BCUT2D eigenvalue weighted by atomic mass is 79.9. The number of halogens is 2. The van der Waals surface area contributed by atoms with E-state index in [9.17, 15) is 13.5 Å². The van der Waals surface area contributed by atoms with Crippen LogP contribution in [0, 0.1) is 6.92 Å². The molecule has 0 bridgehead atoms. The fourth-order valence-electron chi connectivity index (χ4n) is 3.27. The molecule has 29 heavy (non-hydrogen) atoms.